The van der Waals surface area contributed by atoms with Gasteiger partial charge in [-0.3, -0.25) is 9.59 Å². The van der Waals surface area contributed by atoms with Crippen LogP contribution in [0.15, 0.2) is 0 Å². The molecule has 1 aliphatic heterocycles. The lowest BCUT2D eigenvalue weighted by atomic mass is 9.92. The van der Waals surface area contributed by atoms with Gasteiger partial charge in [0.2, 0.25) is 11.8 Å². The minimum absolute atomic E-state index is 0.0157. The summed E-state index contributed by atoms with van der Waals surface area (Å²) in [4.78, 5) is 26.6. The Bertz CT molecular complexity index is 376. The molecule has 0 radical (unpaired) electrons. The maximum absolute atomic E-state index is 12.8. The Balaban J connectivity index is 2.19. The Morgan fingerprint density at radius 2 is 1.95 bits per heavy atom. The molecule has 4 nitrogen and oxygen atoms in total. The van der Waals surface area contributed by atoms with Crippen molar-refractivity contribution < 1.29 is 9.59 Å². The summed E-state index contributed by atoms with van der Waals surface area (Å²) in [6.07, 6.45) is 3.51. The fourth-order valence-electron chi connectivity index (χ4n) is 3.19. The molecule has 1 saturated carbocycles. The Kier molecular flexibility index (Phi) is 3.88. The second-order valence-electron chi connectivity index (χ2n) is 6.75. The number of carbonyl (C=O) groups excluding carboxylic acids is 2. The van der Waals surface area contributed by atoms with Crippen LogP contribution in [0.1, 0.15) is 53.4 Å². The number of nitrogens with zero attached hydrogens (tertiary/aromatic N) is 1. The minimum atomic E-state index is -0.668. The first-order chi connectivity index (χ1) is 8.84. The second-order valence-corrected chi connectivity index (χ2v) is 6.75. The van der Waals surface area contributed by atoms with Crippen molar-refractivity contribution in [2.24, 2.45) is 11.8 Å². The SMILES string of the molecule is CC(C)CC(C)N1CCC(=O)NC(C)(C2CC2)C1=O. The summed E-state index contributed by atoms with van der Waals surface area (Å²) >= 11 is 0. The zero-order valence-electron chi connectivity index (χ0n) is 12.5. The van der Waals surface area contributed by atoms with Gasteiger partial charge in [0.15, 0.2) is 0 Å². The first-order valence-electron chi connectivity index (χ1n) is 7.46. The monoisotopic (exact) mass is 266 g/mol. The molecule has 108 valence electrons. The first-order valence-corrected chi connectivity index (χ1v) is 7.46. The standard InChI is InChI=1S/C15H26N2O2/c1-10(2)9-11(3)17-8-7-13(18)16-15(4,14(17)19)12-5-6-12/h10-12H,5-9H2,1-4H3,(H,16,18). The Morgan fingerprint density at radius 3 is 2.47 bits per heavy atom. The van der Waals surface area contributed by atoms with E-state index < -0.39 is 5.54 Å². The molecule has 19 heavy (non-hydrogen) atoms. The Morgan fingerprint density at radius 1 is 1.32 bits per heavy atom. The van der Waals surface area contributed by atoms with Crippen LogP contribution in [0.4, 0.5) is 0 Å². The van der Waals surface area contributed by atoms with Crippen LogP contribution in [0.3, 0.4) is 0 Å². The highest BCUT2D eigenvalue weighted by molar-refractivity contribution is 5.94. The van der Waals surface area contributed by atoms with E-state index in [2.05, 4.69) is 26.1 Å². The molecule has 0 aromatic heterocycles. The quantitative estimate of drug-likeness (QED) is 0.845. The van der Waals surface area contributed by atoms with Gasteiger partial charge in [0.05, 0.1) is 0 Å². The molecule has 4 heteroatoms. The fourth-order valence-corrected chi connectivity index (χ4v) is 3.19. The minimum Gasteiger partial charge on any atom is -0.342 e. The molecule has 2 fully saturated rings. The van der Waals surface area contributed by atoms with Crippen LogP contribution in [0.25, 0.3) is 0 Å². The normalized spacial score (nSPS) is 30.3. The van der Waals surface area contributed by atoms with Crippen molar-refractivity contribution in [3.63, 3.8) is 0 Å². The number of nitrogens with one attached hydrogen (secondary N) is 1. The average Bonchev–Trinajstić information content (AvgIpc) is 3.10. The maximum atomic E-state index is 12.8. The number of rotatable bonds is 4. The van der Waals surface area contributed by atoms with E-state index in [4.69, 9.17) is 0 Å². The van der Waals surface area contributed by atoms with Gasteiger partial charge < -0.3 is 10.2 Å². The van der Waals surface area contributed by atoms with Crippen molar-refractivity contribution in [2.75, 3.05) is 6.54 Å². The summed E-state index contributed by atoms with van der Waals surface area (Å²) < 4.78 is 0. The van der Waals surface area contributed by atoms with Crippen LogP contribution in [0, 0.1) is 11.8 Å². The molecular formula is C15H26N2O2. The van der Waals surface area contributed by atoms with E-state index in [-0.39, 0.29) is 17.9 Å². The highest BCUT2D eigenvalue weighted by atomic mass is 16.2. The molecule has 2 atom stereocenters. The molecule has 2 unspecified atom stereocenters. The zero-order valence-corrected chi connectivity index (χ0v) is 12.5. The van der Waals surface area contributed by atoms with Crippen LogP contribution in [-0.4, -0.2) is 34.8 Å². The molecular weight excluding hydrogens is 240 g/mol. The predicted molar refractivity (Wildman–Crippen MR) is 74.5 cm³/mol. The first kappa shape index (κ1) is 14.4. The maximum Gasteiger partial charge on any atom is 0.248 e. The van der Waals surface area contributed by atoms with Gasteiger partial charge >= 0.3 is 0 Å². The van der Waals surface area contributed by atoms with E-state index in [0.717, 1.165) is 19.3 Å². The van der Waals surface area contributed by atoms with Crippen molar-refractivity contribution in [3.05, 3.63) is 0 Å². The van der Waals surface area contributed by atoms with Gasteiger partial charge in [0.25, 0.3) is 0 Å². The predicted octanol–water partition coefficient (Wildman–Crippen LogP) is 1.94. The van der Waals surface area contributed by atoms with Gasteiger partial charge in [-0.15, -0.1) is 0 Å². The van der Waals surface area contributed by atoms with Gasteiger partial charge in [-0.1, -0.05) is 13.8 Å². The second kappa shape index (κ2) is 5.14. The highest BCUT2D eigenvalue weighted by Gasteiger charge is 2.51. The summed E-state index contributed by atoms with van der Waals surface area (Å²) in [6.45, 7) is 8.90. The largest absolute Gasteiger partial charge is 0.342 e. The summed E-state index contributed by atoms with van der Waals surface area (Å²) in [5.41, 5.74) is -0.668. The molecule has 0 spiro atoms. The lowest BCUT2D eigenvalue weighted by molar-refractivity contribution is -0.141. The van der Waals surface area contributed by atoms with E-state index in [1.54, 1.807) is 0 Å². The summed E-state index contributed by atoms with van der Waals surface area (Å²) in [7, 11) is 0. The average molecular weight is 266 g/mol. The number of hydrogen-bond acceptors (Lipinski definition) is 2. The summed E-state index contributed by atoms with van der Waals surface area (Å²) in [5.74, 6) is 1.02. The number of carbonyl (C=O) groups is 2. The van der Waals surface area contributed by atoms with Crippen LogP contribution >= 0.6 is 0 Å². The van der Waals surface area contributed by atoms with Gasteiger partial charge in [0, 0.05) is 19.0 Å². The fraction of sp³-hybridized carbons (Fsp3) is 0.867. The summed E-state index contributed by atoms with van der Waals surface area (Å²) in [6, 6.07) is 0.207. The van der Waals surface area contributed by atoms with Crippen LogP contribution in [0.2, 0.25) is 0 Å². The van der Waals surface area contributed by atoms with E-state index >= 15 is 0 Å². The molecule has 2 amide bonds. The molecule has 2 rings (SSSR count). The molecule has 1 aliphatic carbocycles. The smallest absolute Gasteiger partial charge is 0.248 e. The van der Waals surface area contributed by atoms with E-state index in [0.29, 0.717) is 24.8 Å². The third-order valence-corrected chi connectivity index (χ3v) is 4.42. The van der Waals surface area contributed by atoms with Crippen molar-refractivity contribution in [1.29, 1.82) is 0 Å². The van der Waals surface area contributed by atoms with E-state index in [1.807, 2.05) is 11.8 Å². The van der Waals surface area contributed by atoms with Gasteiger partial charge in [-0.25, -0.2) is 0 Å². The Labute approximate surface area is 115 Å². The number of amides is 2. The third kappa shape index (κ3) is 2.93. The highest BCUT2D eigenvalue weighted by Crippen LogP contribution is 2.41. The van der Waals surface area contributed by atoms with Gasteiger partial charge in [0.1, 0.15) is 5.54 Å². The zero-order chi connectivity index (χ0) is 14.2. The van der Waals surface area contributed by atoms with Crippen molar-refractivity contribution >= 4 is 11.8 Å². The molecule has 0 aromatic rings. The van der Waals surface area contributed by atoms with Crippen molar-refractivity contribution in [2.45, 2.75) is 65.0 Å². The summed E-state index contributed by atoms with van der Waals surface area (Å²) in [5, 5.41) is 2.97. The molecule has 0 bridgehead atoms. The lowest BCUT2D eigenvalue weighted by Crippen LogP contribution is -2.58. The molecule has 1 heterocycles. The van der Waals surface area contributed by atoms with Gasteiger partial charge in [-0.05, 0) is 44.9 Å². The van der Waals surface area contributed by atoms with Crippen molar-refractivity contribution in [1.82, 2.24) is 10.2 Å². The molecule has 1 saturated heterocycles. The van der Waals surface area contributed by atoms with E-state index in [9.17, 15) is 9.59 Å². The van der Waals surface area contributed by atoms with Crippen LogP contribution < -0.4 is 5.32 Å². The molecule has 2 aliphatic rings. The van der Waals surface area contributed by atoms with Gasteiger partial charge in [-0.2, -0.15) is 0 Å². The third-order valence-electron chi connectivity index (χ3n) is 4.42. The molecule has 1 N–H and O–H groups in total. The van der Waals surface area contributed by atoms with Crippen LogP contribution in [0.5, 0.6) is 0 Å². The lowest BCUT2D eigenvalue weighted by Gasteiger charge is -2.36. The number of hydrogen-bond donors (Lipinski definition) is 1. The van der Waals surface area contributed by atoms with Crippen molar-refractivity contribution in [3.8, 4) is 0 Å². The molecule has 0 aromatic carbocycles. The Hall–Kier alpha value is -1.06. The topological polar surface area (TPSA) is 49.4 Å². The van der Waals surface area contributed by atoms with E-state index in [1.165, 1.54) is 0 Å². The van der Waals surface area contributed by atoms with Crippen LogP contribution in [-0.2, 0) is 9.59 Å².